The zero-order chi connectivity index (χ0) is 16.6. The van der Waals surface area contributed by atoms with Crippen molar-refractivity contribution in [2.24, 2.45) is 0 Å². The summed E-state index contributed by atoms with van der Waals surface area (Å²) in [7, 11) is 0. The second-order valence-corrected chi connectivity index (χ2v) is 5.29. The highest BCUT2D eigenvalue weighted by Gasteiger charge is 2.72. The molecule has 0 aromatic carbocycles. The fourth-order valence-corrected chi connectivity index (χ4v) is 2.67. The number of hydrogen-bond acceptors (Lipinski definition) is 3. The molecule has 0 spiro atoms. The monoisotopic (exact) mass is 330 g/mol. The Kier molecular flexibility index (Phi) is 4.49. The second kappa shape index (κ2) is 5.77. The normalized spacial score (nSPS) is 21.5. The summed E-state index contributed by atoms with van der Waals surface area (Å²) in [6.45, 7) is 2.72. The van der Waals surface area contributed by atoms with Crippen LogP contribution in [0.2, 0.25) is 0 Å². The Bertz CT molecular complexity index is 460. The molecule has 1 aliphatic carbocycles. The minimum absolute atomic E-state index is 0.0420. The molecule has 0 unspecified atom stereocenters. The Morgan fingerprint density at radius 3 is 1.86 bits per heavy atom. The third kappa shape index (κ3) is 2.96. The van der Waals surface area contributed by atoms with Crippen LogP contribution in [0.5, 0.6) is 0 Å². The third-order valence-corrected chi connectivity index (χ3v) is 3.94. The minimum Gasteiger partial charge on any atom is -0.372 e. The molecule has 0 amide bonds. The summed E-state index contributed by atoms with van der Waals surface area (Å²) in [6.07, 6.45) is -10.1. The molecule has 2 N–H and O–H groups in total. The topological polar surface area (TPSA) is 35.5 Å². The molecule has 1 fully saturated rings. The van der Waals surface area contributed by atoms with Crippen LogP contribution in [0.3, 0.4) is 0 Å². The van der Waals surface area contributed by atoms with E-state index in [4.69, 9.17) is 0 Å². The first-order valence-electron chi connectivity index (χ1n) is 6.79. The van der Waals surface area contributed by atoms with Crippen molar-refractivity contribution in [3.05, 3.63) is 23.4 Å². The van der Waals surface area contributed by atoms with Crippen molar-refractivity contribution >= 4 is 0 Å². The van der Waals surface area contributed by atoms with E-state index in [0.29, 0.717) is 31.9 Å². The van der Waals surface area contributed by atoms with Gasteiger partial charge in [-0.05, 0) is 24.5 Å². The summed E-state index contributed by atoms with van der Waals surface area (Å²) in [5.41, 5.74) is -5.16. The molecule has 0 aromatic rings. The van der Waals surface area contributed by atoms with Gasteiger partial charge in [0.25, 0.3) is 5.60 Å². The van der Waals surface area contributed by atoms with Gasteiger partial charge in [-0.15, -0.1) is 0 Å². The Morgan fingerprint density at radius 1 is 0.909 bits per heavy atom. The van der Waals surface area contributed by atoms with E-state index >= 15 is 0 Å². The Labute approximate surface area is 123 Å². The Morgan fingerprint density at radius 2 is 1.45 bits per heavy atom. The van der Waals surface area contributed by atoms with Gasteiger partial charge < -0.3 is 15.3 Å². The summed E-state index contributed by atoms with van der Waals surface area (Å²) in [5.74, 6) is 0. The number of piperazine rings is 1. The molecule has 22 heavy (non-hydrogen) atoms. The van der Waals surface area contributed by atoms with Gasteiger partial charge in [-0.2, -0.15) is 26.3 Å². The van der Waals surface area contributed by atoms with Gasteiger partial charge in [0.15, 0.2) is 0 Å². The molecular formula is C13H16F6N2O. The van der Waals surface area contributed by atoms with Gasteiger partial charge >= 0.3 is 12.4 Å². The second-order valence-electron chi connectivity index (χ2n) is 5.29. The van der Waals surface area contributed by atoms with Crippen molar-refractivity contribution in [3.8, 4) is 0 Å². The zero-order valence-corrected chi connectivity index (χ0v) is 11.6. The molecule has 1 heterocycles. The fraction of sp³-hybridized carbons (Fsp3) is 0.692. The molecule has 3 nitrogen and oxygen atoms in total. The van der Waals surface area contributed by atoms with E-state index in [9.17, 15) is 31.4 Å². The zero-order valence-electron chi connectivity index (χ0n) is 11.6. The molecule has 0 aromatic heterocycles. The molecule has 1 saturated heterocycles. The van der Waals surface area contributed by atoms with Crippen LogP contribution in [-0.4, -0.2) is 54.1 Å². The molecule has 126 valence electrons. The smallest absolute Gasteiger partial charge is 0.372 e. The quantitative estimate of drug-likeness (QED) is 0.763. The van der Waals surface area contributed by atoms with Crippen LogP contribution in [-0.2, 0) is 0 Å². The van der Waals surface area contributed by atoms with Crippen molar-refractivity contribution < 1.29 is 31.4 Å². The first kappa shape index (κ1) is 17.1. The predicted molar refractivity (Wildman–Crippen MR) is 66.9 cm³/mol. The van der Waals surface area contributed by atoms with Gasteiger partial charge in [0, 0.05) is 31.9 Å². The van der Waals surface area contributed by atoms with E-state index in [0.717, 1.165) is 6.08 Å². The van der Waals surface area contributed by atoms with E-state index in [1.165, 1.54) is 6.08 Å². The predicted octanol–water partition coefficient (Wildman–Crippen LogP) is 2.35. The number of nitrogens with one attached hydrogen (secondary N) is 1. The van der Waals surface area contributed by atoms with Crippen LogP contribution in [0.15, 0.2) is 23.4 Å². The number of alkyl halides is 6. The van der Waals surface area contributed by atoms with Crippen LogP contribution in [0.25, 0.3) is 0 Å². The standard InChI is InChI=1S/C13H16F6N2O/c14-12(15,16)11(22,13(17,18)19)9-1-3-10(4-2-9)21-7-5-20-6-8-21/h1,3,20,22H,2,4-8H2. The van der Waals surface area contributed by atoms with Gasteiger partial charge in [0.2, 0.25) is 0 Å². The maximum atomic E-state index is 12.8. The summed E-state index contributed by atoms with van der Waals surface area (Å²) < 4.78 is 76.7. The molecule has 2 rings (SSSR count). The average molecular weight is 330 g/mol. The van der Waals surface area contributed by atoms with Crippen LogP contribution in [0.1, 0.15) is 12.8 Å². The van der Waals surface area contributed by atoms with Crippen molar-refractivity contribution in [3.63, 3.8) is 0 Å². The van der Waals surface area contributed by atoms with Crippen molar-refractivity contribution in [2.75, 3.05) is 26.2 Å². The van der Waals surface area contributed by atoms with E-state index in [1.54, 1.807) is 0 Å². The van der Waals surface area contributed by atoms with Gasteiger partial charge in [0.1, 0.15) is 0 Å². The molecule has 0 saturated carbocycles. The average Bonchev–Trinajstić information content (AvgIpc) is 2.45. The van der Waals surface area contributed by atoms with Crippen molar-refractivity contribution in [1.82, 2.24) is 10.2 Å². The lowest BCUT2D eigenvalue weighted by atomic mass is 9.85. The number of rotatable bonds is 2. The number of halogens is 6. The van der Waals surface area contributed by atoms with E-state index in [2.05, 4.69) is 5.32 Å². The molecule has 2 aliphatic rings. The maximum Gasteiger partial charge on any atom is 0.430 e. The third-order valence-electron chi connectivity index (χ3n) is 3.94. The molecule has 1 aliphatic heterocycles. The summed E-state index contributed by atoms with van der Waals surface area (Å²) >= 11 is 0. The van der Waals surface area contributed by atoms with Gasteiger partial charge in [-0.3, -0.25) is 0 Å². The van der Waals surface area contributed by atoms with Gasteiger partial charge in [0.05, 0.1) is 0 Å². The summed E-state index contributed by atoms with van der Waals surface area (Å²) in [4.78, 5) is 1.92. The van der Waals surface area contributed by atoms with Crippen LogP contribution in [0.4, 0.5) is 26.3 Å². The van der Waals surface area contributed by atoms with Crippen molar-refractivity contribution in [1.29, 1.82) is 0 Å². The number of nitrogens with zero attached hydrogens (tertiary/aromatic N) is 1. The Hall–Kier alpha value is -1.22. The first-order valence-corrected chi connectivity index (χ1v) is 6.79. The minimum atomic E-state index is -5.81. The summed E-state index contributed by atoms with van der Waals surface area (Å²) in [6, 6.07) is 0. The number of aliphatic hydroxyl groups is 1. The van der Waals surface area contributed by atoms with E-state index in [1.807, 2.05) is 4.90 Å². The maximum absolute atomic E-state index is 12.8. The van der Waals surface area contributed by atoms with Crippen LogP contribution < -0.4 is 5.32 Å². The van der Waals surface area contributed by atoms with Gasteiger partial charge in [-0.1, -0.05) is 6.08 Å². The first-order chi connectivity index (χ1) is 10.1. The van der Waals surface area contributed by atoms with Crippen LogP contribution in [0, 0.1) is 0 Å². The summed E-state index contributed by atoms with van der Waals surface area (Å²) in [5, 5.41) is 12.4. The van der Waals surface area contributed by atoms with Crippen LogP contribution >= 0.6 is 0 Å². The lowest BCUT2D eigenvalue weighted by Gasteiger charge is -2.37. The largest absolute Gasteiger partial charge is 0.430 e. The SMILES string of the molecule is OC(C1=CC=C(N2CCNCC2)CC1)(C(F)(F)F)C(F)(F)F. The Balaban J connectivity index is 2.28. The number of hydrogen-bond donors (Lipinski definition) is 2. The lowest BCUT2D eigenvalue weighted by molar-refractivity contribution is -0.352. The van der Waals surface area contributed by atoms with Crippen molar-refractivity contribution in [2.45, 2.75) is 30.8 Å². The van der Waals surface area contributed by atoms with E-state index < -0.39 is 29.9 Å². The highest BCUT2D eigenvalue weighted by Crippen LogP contribution is 2.49. The molecule has 0 atom stereocenters. The molecule has 0 bridgehead atoms. The fourth-order valence-electron chi connectivity index (χ4n) is 2.67. The highest BCUT2D eigenvalue weighted by atomic mass is 19.4. The van der Waals surface area contributed by atoms with Gasteiger partial charge in [-0.25, -0.2) is 0 Å². The lowest BCUT2D eigenvalue weighted by Crippen LogP contribution is -2.58. The molecular weight excluding hydrogens is 314 g/mol. The number of allylic oxidation sites excluding steroid dienone is 3. The molecule has 9 heteroatoms. The highest BCUT2D eigenvalue weighted by molar-refractivity contribution is 5.33. The molecule has 0 radical (unpaired) electrons. The van der Waals surface area contributed by atoms with E-state index in [-0.39, 0.29) is 6.42 Å².